The van der Waals surface area contributed by atoms with E-state index in [0.29, 0.717) is 6.61 Å². The molecule has 2 atom stereocenters. The van der Waals surface area contributed by atoms with Crippen LogP contribution >= 0.6 is 0 Å². The van der Waals surface area contributed by atoms with E-state index >= 15 is 0 Å². The van der Waals surface area contributed by atoms with Gasteiger partial charge in [0.2, 0.25) is 0 Å². The minimum absolute atomic E-state index is 0.155. The molecule has 0 aliphatic carbocycles. The van der Waals surface area contributed by atoms with Crippen LogP contribution in [0.15, 0.2) is 48.5 Å². The van der Waals surface area contributed by atoms with Crippen molar-refractivity contribution in [1.29, 1.82) is 0 Å². The second-order valence-corrected chi connectivity index (χ2v) is 5.93. The molecular weight excluding hydrogens is 304 g/mol. The van der Waals surface area contributed by atoms with Gasteiger partial charge in [-0.05, 0) is 25.1 Å². The molecule has 0 saturated carbocycles. The molecule has 5 heteroatoms. The number of rotatable bonds is 2. The molecular formula is C19H20N2O3. The van der Waals surface area contributed by atoms with Crippen molar-refractivity contribution in [3.05, 3.63) is 54.1 Å². The first kappa shape index (κ1) is 15.0. The fourth-order valence-electron chi connectivity index (χ4n) is 3.55. The molecule has 2 heterocycles. The molecule has 1 fully saturated rings. The van der Waals surface area contributed by atoms with Crippen LogP contribution in [0.1, 0.15) is 18.5 Å². The number of fused-ring (bicyclic) bond motifs is 5. The predicted octanol–water partition coefficient (Wildman–Crippen LogP) is 2.87. The van der Waals surface area contributed by atoms with Crippen LogP contribution in [-0.2, 0) is 9.53 Å². The predicted molar refractivity (Wildman–Crippen MR) is 91.5 cm³/mol. The Morgan fingerprint density at radius 2 is 1.96 bits per heavy atom. The smallest absolute Gasteiger partial charge is 0.325 e. The Kier molecular flexibility index (Phi) is 3.86. The molecule has 0 amide bonds. The molecule has 0 bridgehead atoms. The largest absolute Gasteiger partial charge is 0.465 e. The number of nitrogens with zero attached hydrogens (tertiary/aromatic N) is 1. The summed E-state index contributed by atoms with van der Waals surface area (Å²) >= 11 is 0. The highest BCUT2D eigenvalue weighted by Gasteiger charge is 2.41. The van der Waals surface area contributed by atoms with E-state index in [9.17, 15) is 4.79 Å². The third-order valence-electron chi connectivity index (χ3n) is 4.54. The number of nitrogens with one attached hydrogen (secondary N) is 1. The van der Waals surface area contributed by atoms with E-state index in [1.165, 1.54) is 0 Å². The Morgan fingerprint density at radius 1 is 1.21 bits per heavy atom. The van der Waals surface area contributed by atoms with Crippen LogP contribution in [0.5, 0.6) is 11.5 Å². The minimum Gasteiger partial charge on any atom is -0.465 e. The number of esters is 1. The molecule has 0 aromatic heterocycles. The second-order valence-electron chi connectivity index (χ2n) is 5.93. The van der Waals surface area contributed by atoms with Gasteiger partial charge in [-0.25, -0.2) is 0 Å². The lowest BCUT2D eigenvalue weighted by atomic mass is 9.94. The van der Waals surface area contributed by atoms with Crippen LogP contribution in [0.2, 0.25) is 0 Å². The van der Waals surface area contributed by atoms with Crippen LogP contribution in [0.4, 0.5) is 5.69 Å². The molecule has 5 nitrogen and oxygen atoms in total. The van der Waals surface area contributed by atoms with Gasteiger partial charge in [0.15, 0.2) is 5.75 Å². The van der Waals surface area contributed by atoms with Gasteiger partial charge in [0.25, 0.3) is 0 Å². The van der Waals surface area contributed by atoms with E-state index in [4.69, 9.17) is 9.47 Å². The van der Waals surface area contributed by atoms with Crippen molar-refractivity contribution >= 4 is 11.7 Å². The fourth-order valence-corrected chi connectivity index (χ4v) is 3.55. The third kappa shape index (κ3) is 2.41. The maximum Gasteiger partial charge on any atom is 0.325 e. The van der Waals surface area contributed by atoms with Gasteiger partial charge < -0.3 is 19.7 Å². The molecule has 1 N–H and O–H groups in total. The normalized spacial score (nSPS) is 21.6. The Morgan fingerprint density at radius 3 is 2.79 bits per heavy atom. The standard InChI is InChI=1S/C19H20N2O3/c1-2-23-19(22)17-18-13-7-3-5-9-15(13)24-16-10-6-4-8-14(16)21(18)12-11-20-17/h3-10,17-18,20H,2,11-12H2,1H3. The number of piperazine rings is 1. The van der Waals surface area contributed by atoms with Crippen molar-refractivity contribution in [1.82, 2.24) is 5.32 Å². The number of hydrogen-bond donors (Lipinski definition) is 1. The van der Waals surface area contributed by atoms with Crippen LogP contribution in [0, 0.1) is 0 Å². The first-order valence-corrected chi connectivity index (χ1v) is 8.32. The molecule has 124 valence electrons. The van der Waals surface area contributed by atoms with E-state index < -0.39 is 6.04 Å². The number of hydrogen-bond acceptors (Lipinski definition) is 5. The SMILES string of the molecule is CCOC(=O)C1NCCN2c3ccccc3Oc3ccccc3C12. The van der Waals surface area contributed by atoms with Crippen molar-refractivity contribution in [3.63, 3.8) is 0 Å². The van der Waals surface area contributed by atoms with E-state index in [1.54, 1.807) is 0 Å². The highest BCUT2D eigenvalue weighted by Crippen LogP contribution is 2.45. The number of ether oxygens (including phenoxy) is 2. The van der Waals surface area contributed by atoms with E-state index in [0.717, 1.165) is 35.8 Å². The van der Waals surface area contributed by atoms with E-state index in [-0.39, 0.29) is 12.0 Å². The summed E-state index contributed by atoms with van der Waals surface area (Å²) in [5.41, 5.74) is 2.01. The van der Waals surface area contributed by atoms with Gasteiger partial charge in [-0.1, -0.05) is 30.3 Å². The van der Waals surface area contributed by atoms with Gasteiger partial charge >= 0.3 is 5.97 Å². The second kappa shape index (κ2) is 6.17. The average molecular weight is 324 g/mol. The molecule has 2 unspecified atom stereocenters. The first-order chi connectivity index (χ1) is 11.8. The Balaban J connectivity index is 1.86. The van der Waals surface area contributed by atoms with Gasteiger partial charge in [0.1, 0.15) is 11.8 Å². The highest BCUT2D eigenvalue weighted by molar-refractivity contribution is 5.80. The van der Waals surface area contributed by atoms with Crippen LogP contribution < -0.4 is 15.0 Å². The van der Waals surface area contributed by atoms with Gasteiger partial charge in [0, 0.05) is 18.7 Å². The van der Waals surface area contributed by atoms with Crippen LogP contribution in [-0.4, -0.2) is 31.7 Å². The number of benzene rings is 2. The molecule has 24 heavy (non-hydrogen) atoms. The Hall–Kier alpha value is -2.53. The number of carbonyl (C=O) groups is 1. The van der Waals surface area contributed by atoms with E-state index in [2.05, 4.69) is 10.2 Å². The van der Waals surface area contributed by atoms with Gasteiger partial charge in [0.05, 0.1) is 18.3 Å². The fraction of sp³-hybridized carbons (Fsp3) is 0.316. The molecule has 1 saturated heterocycles. The summed E-state index contributed by atoms with van der Waals surface area (Å²) in [7, 11) is 0. The van der Waals surface area contributed by atoms with Crippen LogP contribution in [0.3, 0.4) is 0 Å². The summed E-state index contributed by atoms with van der Waals surface area (Å²) in [6.07, 6.45) is 0. The van der Waals surface area contributed by atoms with Crippen molar-refractivity contribution < 1.29 is 14.3 Å². The zero-order valence-corrected chi connectivity index (χ0v) is 13.6. The zero-order valence-electron chi connectivity index (χ0n) is 13.6. The maximum absolute atomic E-state index is 12.5. The van der Waals surface area contributed by atoms with Crippen molar-refractivity contribution in [2.45, 2.75) is 19.0 Å². The number of anilines is 1. The van der Waals surface area contributed by atoms with Crippen LogP contribution in [0.25, 0.3) is 0 Å². The molecule has 2 aliphatic rings. The van der Waals surface area contributed by atoms with Gasteiger partial charge in [-0.2, -0.15) is 0 Å². The van der Waals surface area contributed by atoms with Gasteiger partial charge in [-0.3, -0.25) is 4.79 Å². The summed E-state index contributed by atoms with van der Waals surface area (Å²) in [5, 5.41) is 3.33. The lowest BCUT2D eigenvalue weighted by molar-refractivity contribution is -0.146. The zero-order chi connectivity index (χ0) is 16.5. The number of carbonyl (C=O) groups excluding carboxylic acids is 1. The summed E-state index contributed by atoms with van der Waals surface area (Å²) in [5.74, 6) is 1.38. The number of para-hydroxylation sites is 3. The molecule has 2 aromatic carbocycles. The van der Waals surface area contributed by atoms with Crippen molar-refractivity contribution in [2.24, 2.45) is 0 Å². The maximum atomic E-state index is 12.5. The molecule has 0 spiro atoms. The van der Waals surface area contributed by atoms with E-state index in [1.807, 2.05) is 55.5 Å². The average Bonchev–Trinajstić information content (AvgIpc) is 2.76. The highest BCUT2D eigenvalue weighted by atomic mass is 16.5. The topological polar surface area (TPSA) is 50.8 Å². The summed E-state index contributed by atoms with van der Waals surface area (Å²) in [4.78, 5) is 14.8. The Labute approximate surface area is 141 Å². The first-order valence-electron chi connectivity index (χ1n) is 8.32. The quantitative estimate of drug-likeness (QED) is 0.861. The molecule has 0 radical (unpaired) electrons. The summed E-state index contributed by atoms with van der Waals surface area (Å²) in [6, 6.07) is 15.3. The Bertz CT molecular complexity index is 762. The third-order valence-corrected chi connectivity index (χ3v) is 4.54. The summed E-state index contributed by atoms with van der Waals surface area (Å²) in [6.45, 7) is 3.72. The monoisotopic (exact) mass is 324 g/mol. The van der Waals surface area contributed by atoms with Crippen molar-refractivity contribution in [2.75, 3.05) is 24.6 Å². The van der Waals surface area contributed by atoms with Gasteiger partial charge in [-0.15, -0.1) is 0 Å². The lowest BCUT2D eigenvalue weighted by Gasteiger charge is -2.41. The molecule has 4 rings (SSSR count). The molecule has 2 aliphatic heterocycles. The molecule has 2 aromatic rings. The lowest BCUT2D eigenvalue weighted by Crippen LogP contribution is -2.56. The minimum atomic E-state index is -0.422. The summed E-state index contributed by atoms with van der Waals surface area (Å²) < 4.78 is 11.5. The van der Waals surface area contributed by atoms with Crippen molar-refractivity contribution in [3.8, 4) is 11.5 Å².